The first-order valence-electron chi connectivity index (χ1n) is 8.43. The molecule has 0 atom stereocenters. The number of hydrogen-bond donors (Lipinski definition) is 0. The van der Waals surface area contributed by atoms with Gasteiger partial charge in [0.1, 0.15) is 16.8 Å². The van der Waals surface area contributed by atoms with E-state index in [2.05, 4.69) is 55.7 Å². The van der Waals surface area contributed by atoms with Gasteiger partial charge in [-0.3, -0.25) is 11.5 Å². The van der Waals surface area contributed by atoms with Crippen LogP contribution in [0.1, 0.15) is 48.5 Å². The number of halogens is 3. The molecule has 0 aliphatic carbocycles. The van der Waals surface area contributed by atoms with Gasteiger partial charge in [-0.05, 0) is 41.5 Å². The smallest absolute Gasteiger partial charge is 0.100 e. The van der Waals surface area contributed by atoms with Crippen LogP contribution in [0.4, 0.5) is 0 Å². The summed E-state index contributed by atoms with van der Waals surface area (Å²) < 4.78 is 33.3. The molecule has 0 aromatic heterocycles. The summed E-state index contributed by atoms with van der Waals surface area (Å²) in [6.07, 6.45) is 0. The van der Waals surface area contributed by atoms with Crippen molar-refractivity contribution in [1.29, 1.82) is 0 Å². The molecular weight excluding hydrogens is 540 g/mol. The maximum absolute atomic E-state index is 5.88. The van der Waals surface area contributed by atoms with E-state index < -0.39 is 16.8 Å². The van der Waals surface area contributed by atoms with Crippen molar-refractivity contribution in [3.63, 3.8) is 0 Å². The average Bonchev–Trinajstić information content (AvgIpc) is 2.54. The van der Waals surface area contributed by atoms with E-state index in [0.29, 0.717) is 39.6 Å². The number of ether oxygens (including phenoxy) is 3. The van der Waals surface area contributed by atoms with Crippen molar-refractivity contribution in [2.24, 2.45) is 5.41 Å². The van der Waals surface area contributed by atoms with Crippen LogP contribution in [0, 0.1) is 5.41 Å². The molecule has 0 aromatic rings. The van der Waals surface area contributed by atoms with Crippen molar-refractivity contribution in [2.75, 3.05) is 39.6 Å². The van der Waals surface area contributed by atoms with Crippen molar-refractivity contribution in [2.45, 2.75) is 65.3 Å². The van der Waals surface area contributed by atoms with E-state index in [1.165, 1.54) is 0 Å². The Morgan fingerprint density at radius 2 is 0.692 bits per heavy atom. The Hall–Kier alpha value is 1.20. The van der Waals surface area contributed by atoms with Gasteiger partial charge in [0.15, 0.2) is 0 Å². The summed E-state index contributed by atoms with van der Waals surface area (Å²) in [4.78, 5) is 0. The molecule has 0 saturated heterocycles. The van der Waals surface area contributed by atoms with E-state index in [1.807, 2.05) is 41.5 Å². The van der Waals surface area contributed by atoms with Gasteiger partial charge in [0, 0.05) is 5.41 Å². The molecule has 0 fully saturated rings. The minimum absolute atomic E-state index is 0.326. The zero-order valence-electron chi connectivity index (χ0n) is 16.8. The summed E-state index contributed by atoms with van der Waals surface area (Å²) in [6, 6.07) is 0. The van der Waals surface area contributed by atoms with Gasteiger partial charge in [-0.1, -0.05) is 6.92 Å². The Balaban J connectivity index is 4.68. The second-order valence-electron chi connectivity index (χ2n) is 8.80. The quantitative estimate of drug-likeness (QED) is 0.263. The zero-order chi connectivity index (χ0) is 20.5. The second-order valence-corrected chi connectivity index (χ2v) is 9.77. The van der Waals surface area contributed by atoms with Crippen LogP contribution in [0.3, 0.4) is 0 Å². The Bertz CT molecular complexity index is 336. The third kappa shape index (κ3) is 12.6. The molecular formula is C17H33Br3O6. The molecule has 6 nitrogen and oxygen atoms in total. The maximum atomic E-state index is 5.88. The standard InChI is InChI=1S/C17H33Br3O6/c1-14(2,24-18)8-21-11-17(7,12-22-9-15(3,4)25-19)13-23-10-16(5,6)26-20/h8-13H2,1-7H3. The van der Waals surface area contributed by atoms with E-state index in [0.717, 1.165) is 0 Å². The maximum Gasteiger partial charge on any atom is 0.100 e. The largest absolute Gasteiger partial charge is 0.378 e. The SMILES string of the molecule is CC(COCC(C)(C)OBr)(COCC(C)(C)OBr)COCC(C)(C)OBr. The van der Waals surface area contributed by atoms with Gasteiger partial charge in [-0.2, -0.15) is 0 Å². The number of hydrogen-bond acceptors (Lipinski definition) is 6. The molecule has 0 aliphatic rings. The minimum atomic E-state index is -0.416. The number of rotatable bonds is 15. The van der Waals surface area contributed by atoms with Gasteiger partial charge in [0.2, 0.25) is 0 Å². The first-order chi connectivity index (χ1) is 11.8. The van der Waals surface area contributed by atoms with Crippen LogP contribution < -0.4 is 0 Å². The lowest BCUT2D eigenvalue weighted by Crippen LogP contribution is -2.40. The highest BCUT2D eigenvalue weighted by Crippen LogP contribution is 2.23. The fourth-order valence-electron chi connectivity index (χ4n) is 1.82. The molecule has 9 heteroatoms. The third-order valence-electron chi connectivity index (χ3n) is 3.33. The lowest BCUT2D eigenvalue weighted by molar-refractivity contribution is -0.103. The summed E-state index contributed by atoms with van der Waals surface area (Å²) in [7, 11) is 0. The van der Waals surface area contributed by atoms with Gasteiger partial charge in [0.05, 0.1) is 88.4 Å². The highest BCUT2D eigenvalue weighted by Gasteiger charge is 2.30. The van der Waals surface area contributed by atoms with E-state index >= 15 is 0 Å². The Morgan fingerprint density at radius 1 is 0.462 bits per heavy atom. The van der Waals surface area contributed by atoms with E-state index in [9.17, 15) is 0 Å². The van der Waals surface area contributed by atoms with Gasteiger partial charge in [0.25, 0.3) is 0 Å². The summed E-state index contributed by atoms with van der Waals surface area (Å²) in [5.41, 5.74) is -1.58. The lowest BCUT2D eigenvalue weighted by Gasteiger charge is -2.33. The fourth-order valence-corrected chi connectivity index (χ4v) is 2.10. The van der Waals surface area contributed by atoms with Crippen LogP contribution in [0.2, 0.25) is 0 Å². The van der Waals surface area contributed by atoms with Crippen molar-refractivity contribution in [3.05, 3.63) is 0 Å². The van der Waals surface area contributed by atoms with Crippen LogP contribution in [-0.4, -0.2) is 56.4 Å². The molecule has 26 heavy (non-hydrogen) atoms. The molecule has 0 saturated carbocycles. The lowest BCUT2D eigenvalue weighted by atomic mass is 9.94. The Morgan fingerprint density at radius 3 is 0.885 bits per heavy atom. The Labute approximate surface area is 184 Å². The molecule has 0 aromatic carbocycles. The summed E-state index contributed by atoms with van der Waals surface area (Å²) >= 11 is 9.09. The fraction of sp³-hybridized carbons (Fsp3) is 1.00. The molecule has 0 aliphatic heterocycles. The first-order valence-corrected chi connectivity index (χ1v) is 10.4. The van der Waals surface area contributed by atoms with Crippen LogP contribution >= 0.6 is 48.8 Å². The van der Waals surface area contributed by atoms with E-state index in [-0.39, 0.29) is 5.41 Å². The molecule has 0 radical (unpaired) electrons. The van der Waals surface area contributed by atoms with E-state index in [1.54, 1.807) is 0 Å². The second kappa shape index (κ2) is 12.0. The molecule has 0 heterocycles. The van der Waals surface area contributed by atoms with Gasteiger partial charge >= 0.3 is 0 Å². The first kappa shape index (κ1) is 27.2. The molecule has 0 bridgehead atoms. The van der Waals surface area contributed by atoms with Crippen LogP contribution in [-0.2, 0) is 25.7 Å². The van der Waals surface area contributed by atoms with Crippen LogP contribution in [0.15, 0.2) is 0 Å². The van der Waals surface area contributed by atoms with Gasteiger partial charge in [-0.25, -0.2) is 0 Å². The molecule has 0 rings (SSSR count). The predicted octanol–water partition coefficient (Wildman–Crippen LogP) is 5.36. The third-order valence-corrected chi connectivity index (χ3v) is 5.96. The van der Waals surface area contributed by atoms with Crippen molar-refractivity contribution in [1.82, 2.24) is 0 Å². The molecule has 0 unspecified atom stereocenters. The molecule has 158 valence electrons. The van der Waals surface area contributed by atoms with Gasteiger partial charge < -0.3 is 14.2 Å². The van der Waals surface area contributed by atoms with Gasteiger partial charge in [-0.15, -0.1) is 0 Å². The van der Waals surface area contributed by atoms with Crippen LogP contribution in [0.25, 0.3) is 0 Å². The highest BCUT2D eigenvalue weighted by molar-refractivity contribution is 9.06. The highest BCUT2D eigenvalue weighted by atomic mass is 79.9. The van der Waals surface area contributed by atoms with E-state index in [4.69, 9.17) is 25.7 Å². The average molecular weight is 573 g/mol. The summed E-state index contributed by atoms with van der Waals surface area (Å²) in [5, 5.41) is 0. The molecule has 0 amide bonds. The van der Waals surface area contributed by atoms with Crippen molar-refractivity contribution < 1.29 is 25.7 Å². The van der Waals surface area contributed by atoms with Crippen LogP contribution in [0.5, 0.6) is 0 Å². The normalized spacial score (nSPS) is 14.1. The minimum Gasteiger partial charge on any atom is -0.378 e. The summed E-state index contributed by atoms with van der Waals surface area (Å²) in [6.45, 7) is 16.5. The predicted molar refractivity (Wildman–Crippen MR) is 113 cm³/mol. The van der Waals surface area contributed by atoms with Crippen molar-refractivity contribution in [3.8, 4) is 0 Å². The molecule has 0 N–H and O–H groups in total. The zero-order valence-corrected chi connectivity index (χ0v) is 21.6. The Kier molecular flexibility index (Phi) is 12.6. The molecule has 0 spiro atoms. The summed E-state index contributed by atoms with van der Waals surface area (Å²) in [5.74, 6) is 0. The monoisotopic (exact) mass is 570 g/mol. The topological polar surface area (TPSA) is 55.4 Å². The van der Waals surface area contributed by atoms with Crippen molar-refractivity contribution >= 4 is 48.8 Å².